The molecule has 0 aliphatic carbocycles. The van der Waals surface area contributed by atoms with Crippen LogP contribution in [0.1, 0.15) is 37.7 Å². The zero-order valence-corrected chi connectivity index (χ0v) is 15.4. The molecule has 3 N–H and O–H groups in total. The zero-order valence-electron chi connectivity index (χ0n) is 15.4. The summed E-state index contributed by atoms with van der Waals surface area (Å²) in [5.74, 6) is -1.44. The number of hydrogen-bond acceptors (Lipinski definition) is 4. The number of hydrogen-bond donors (Lipinski definition) is 2. The number of carboxylic acids is 1. The van der Waals surface area contributed by atoms with Crippen molar-refractivity contribution in [2.24, 2.45) is 5.73 Å². The Morgan fingerprint density at radius 3 is 2.33 bits per heavy atom. The minimum atomic E-state index is -0.976. The summed E-state index contributed by atoms with van der Waals surface area (Å²) < 4.78 is 0. The fourth-order valence-electron chi connectivity index (χ4n) is 4.07. The molecule has 2 amide bonds. The van der Waals surface area contributed by atoms with Gasteiger partial charge < -0.3 is 20.6 Å². The van der Waals surface area contributed by atoms with E-state index in [4.69, 9.17) is 5.73 Å². The van der Waals surface area contributed by atoms with E-state index in [0.717, 1.165) is 12.0 Å². The molecule has 0 bridgehead atoms. The summed E-state index contributed by atoms with van der Waals surface area (Å²) in [6.45, 7) is 0.939. The van der Waals surface area contributed by atoms with Crippen LogP contribution in [0.3, 0.4) is 0 Å². The first-order valence-corrected chi connectivity index (χ1v) is 9.62. The Morgan fingerprint density at radius 1 is 1.04 bits per heavy atom. The van der Waals surface area contributed by atoms with Crippen molar-refractivity contribution in [2.45, 2.75) is 56.7 Å². The molecule has 2 fully saturated rings. The van der Waals surface area contributed by atoms with Crippen LogP contribution in [-0.2, 0) is 20.8 Å². The van der Waals surface area contributed by atoms with E-state index in [-0.39, 0.29) is 11.8 Å². The van der Waals surface area contributed by atoms with Gasteiger partial charge in [0, 0.05) is 13.1 Å². The van der Waals surface area contributed by atoms with Gasteiger partial charge in [-0.25, -0.2) is 4.79 Å². The molecule has 0 aromatic heterocycles. The summed E-state index contributed by atoms with van der Waals surface area (Å²) in [5, 5.41) is 9.32. The van der Waals surface area contributed by atoms with E-state index in [1.54, 1.807) is 4.90 Å². The van der Waals surface area contributed by atoms with Crippen LogP contribution in [0.15, 0.2) is 30.3 Å². The van der Waals surface area contributed by atoms with E-state index in [9.17, 15) is 19.5 Å². The molecule has 0 saturated carbocycles. The molecule has 2 aliphatic heterocycles. The highest BCUT2D eigenvalue weighted by molar-refractivity contribution is 5.92. The number of aryl methyl sites for hydroxylation is 1. The molecule has 3 atom stereocenters. The highest BCUT2D eigenvalue weighted by Gasteiger charge is 2.42. The van der Waals surface area contributed by atoms with Gasteiger partial charge in [-0.05, 0) is 44.1 Å². The van der Waals surface area contributed by atoms with Gasteiger partial charge in [-0.1, -0.05) is 30.3 Å². The molecule has 3 rings (SSSR count). The van der Waals surface area contributed by atoms with Crippen LogP contribution in [0.5, 0.6) is 0 Å². The highest BCUT2D eigenvalue weighted by Crippen LogP contribution is 2.25. The van der Waals surface area contributed by atoms with E-state index >= 15 is 0 Å². The maximum atomic E-state index is 12.9. The number of amides is 2. The number of likely N-dealkylation sites (tertiary alicyclic amines) is 2. The van der Waals surface area contributed by atoms with Gasteiger partial charge in [0.1, 0.15) is 12.1 Å². The number of nitrogens with zero attached hydrogens (tertiary/aromatic N) is 2. The molecule has 0 radical (unpaired) electrons. The summed E-state index contributed by atoms with van der Waals surface area (Å²) in [5.41, 5.74) is 7.25. The molecule has 2 saturated heterocycles. The lowest BCUT2D eigenvalue weighted by Gasteiger charge is -2.31. The van der Waals surface area contributed by atoms with Gasteiger partial charge in [0.05, 0.1) is 6.04 Å². The Morgan fingerprint density at radius 2 is 1.67 bits per heavy atom. The molecule has 146 valence electrons. The van der Waals surface area contributed by atoms with Crippen molar-refractivity contribution < 1.29 is 19.5 Å². The van der Waals surface area contributed by atoms with Crippen molar-refractivity contribution >= 4 is 17.8 Å². The molecular weight excluding hydrogens is 346 g/mol. The first-order valence-electron chi connectivity index (χ1n) is 9.62. The number of rotatable bonds is 6. The van der Waals surface area contributed by atoms with E-state index < -0.39 is 24.1 Å². The van der Waals surface area contributed by atoms with Crippen LogP contribution in [0, 0.1) is 0 Å². The van der Waals surface area contributed by atoms with Crippen molar-refractivity contribution in [1.29, 1.82) is 0 Å². The van der Waals surface area contributed by atoms with Crippen molar-refractivity contribution in [2.75, 3.05) is 13.1 Å². The number of benzene rings is 1. The summed E-state index contributed by atoms with van der Waals surface area (Å²) in [6, 6.07) is 7.82. The van der Waals surface area contributed by atoms with E-state index in [0.29, 0.717) is 45.2 Å². The molecule has 0 spiro atoms. The average molecular weight is 373 g/mol. The Balaban J connectivity index is 1.61. The number of nitrogens with two attached hydrogens (primary N) is 1. The minimum absolute atomic E-state index is 0.215. The first kappa shape index (κ1) is 19.4. The SMILES string of the molecule is N[C@@H](CCc1ccccc1)C(=O)N1CCC[C@H]1C(=O)N1CCC[C@H]1C(=O)O. The summed E-state index contributed by atoms with van der Waals surface area (Å²) in [4.78, 5) is 40.1. The van der Waals surface area contributed by atoms with Crippen LogP contribution in [-0.4, -0.2) is 63.9 Å². The fraction of sp³-hybridized carbons (Fsp3) is 0.550. The molecule has 27 heavy (non-hydrogen) atoms. The second-order valence-electron chi connectivity index (χ2n) is 7.35. The number of aliphatic carboxylic acids is 1. The van der Waals surface area contributed by atoms with E-state index in [1.165, 1.54) is 4.90 Å². The van der Waals surface area contributed by atoms with Gasteiger partial charge in [0.15, 0.2) is 0 Å². The van der Waals surface area contributed by atoms with Crippen molar-refractivity contribution in [3.8, 4) is 0 Å². The molecule has 0 unspecified atom stereocenters. The maximum absolute atomic E-state index is 12.9. The average Bonchev–Trinajstić information content (AvgIpc) is 3.35. The molecule has 7 heteroatoms. The van der Waals surface area contributed by atoms with Gasteiger partial charge in [-0.3, -0.25) is 9.59 Å². The van der Waals surface area contributed by atoms with Crippen LogP contribution in [0.4, 0.5) is 0 Å². The molecule has 1 aromatic carbocycles. The third-order valence-electron chi connectivity index (χ3n) is 5.55. The van der Waals surface area contributed by atoms with Crippen molar-refractivity contribution in [3.05, 3.63) is 35.9 Å². The summed E-state index contributed by atoms with van der Waals surface area (Å²) in [7, 11) is 0. The van der Waals surface area contributed by atoms with Crippen molar-refractivity contribution in [1.82, 2.24) is 9.80 Å². The Kier molecular flexibility index (Phi) is 6.11. The smallest absolute Gasteiger partial charge is 0.326 e. The molecule has 2 heterocycles. The largest absolute Gasteiger partial charge is 0.480 e. The quantitative estimate of drug-likeness (QED) is 0.775. The Bertz CT molecular complexity index is 694. The minimum Gasteiger partial charge on any atom is -0.480 e. The second-order valence-corrected chi connectivity index (χ2v) is 7.35. The standard InChI is InChI=1S/C20H27N3O4/c21-15(11-10-14-6-2-1-3-7-14)18(24)22-12-4-8-16(22)19(25)23-13-5-9-17(23)20(26)27/h1-3,6-7,15-17H,4-5,8-13,21H2,(H,26,27)/t15-,16-,17-/m0/s1. The lowest BCUT2D eigenvalue weighted by atomic mass is 10.0. The lowest BCUT2D eigenvalue weighted by Crippen LogP contribution is -2.54. The summed E-state index contributed by atoms with van der Waals surface area (Å²) in [6.07, 6.45) is 3.67. The van der Waals surface area contributed by atoms with Gasteiger partial charge in [0.25, 0.3) is 0 Å². The topological polar surface area (TPSA) is 104 Å². The van der Waals surface area contributed by atoms with Crippen LogP contribution in [0.2, 0.25) is 0 Å². The second kappa shape index (κ2) is 8.52. The van der Waals surface area contributed by atoms with Gasteiger partial charge >= 0.3 is 5.97 Å². The summed E-state index contributed by atoms with van der Waals surface area (Å²) >= 11 is 0. The maximum Gasteiger partial charge on any atom is 0.326 e. The predicted octanol–water partition coefficient (Wildman–Crippen LogP) is 1.01. The molecule has 7 nitrogen and oxygen atoms in total. The Hall–Kier alpha value is -2.41. The molecule has 2 aliphatic rings. The Labute approximate surface area is 159 Å². The third-order valence-corrected chi connectivity index (χ3v) is 5.55. The van der Waals surface area contributed by atoms with Crippen LogP contribution < -0.4 is 5.73 Å². The highest BCUT2D eigenvalue weighted by atomic mass is 16.4. The predicted molar refractivity (Wildman–Crippen MR) is 99.8 cm³/mol. The zero-order chi connectivity index (χ0) is 19.4. The number of carboxylic acid groups (broad SMARTS) is 1. The van der Waals surface area contributed by atoms with Crippen molar-refractivity contribution in [3.63, 3.8) is 0 Å². The molecule has 1 aromatic rings. The first-order chi connectivity index (χ1) is 13.0. The molecular formula is C20H27N3O4. The van der Waals surface area contributed by atoms with E-state index in [1.807, 2.05) is 30.3 Å². The van der Waals surface area contributed by atoms with Gasteiger partial charge in [0.2, 0.25) is 11.8 Å². The van der Waals surface area contributed by atoms with Gasteiger partial charge in [-0.15, -0.1) is 0 Å². The van der Waals surface area contributed by atoms with Crippen LogP contribution >= 0.6 is 0 Å². The number of carbonyl (C=O) groups excluding carboxylic acids is 2. The fourth-order valence-corrected chi connectivity index (χ4v) is 4.07. The third kappa shape index (κ3) is 4.30. The lowest BCUT2D eigenvalue weighted by molar-refractivity contribution is -0.152. The normalized spacial score (nSPS) is 23.4. The van der Waals surface area contributed by atoms with Gasteiger partial charge in [-0.2, -0.15) is 0 Å². The van der Waals surface area contributed by atoms with Crippen LogP contribution in [0.25, 0.3) is 0 Å². The monoisotopic (exact) mass is 373 g/mol. The number of carbonyl (C=O) groups is 3. The van der Waals surface area contributed by atoms with E-state index in [2.05, 4.69) is 0 Å².